The fourth-order valence-corrected chi connectivity index (χ4v) is 1.66. The first-order valence-corrected chi connectivity index (χ1v) is 7.62. The Bertz CT molecular complexity index is 655. The van der Waals surface area contributed by atoms with Gasteiger partial charge in [0.2, 0.25) is 0 Å². The lowest BCUT2D eigenvalue weighted by Gasteiger charge is -2.03. The third-order valence-electron chi connectivity index (χ3n) is 2.53. The molecule has 1 heteroatoms. The van der Waals surface area contributed by atoms with Crippen molar-refractivity contribution in [2.75, 3.05) is 0 Å². The van der Waals surface area contributed by atoms with Gasteiger partial charge in [-0.05, 0) is 57.9 Å². The summed E-state index contributed by atoms with van der Waals surface area (Å²) in [4.78, 5) is 9.44. The molecule has 1 aromatic rings. The number of carbonyl (C=O) groups excluding carboxylic acids is 1. The van der Waals surface area contributed by atoms with Gasteiger partial charge in [0.1, 0.15) is 5.78 Å². The Morgan fingerprint density at radius 2 is 1.52 bits per heavy atom. The highest BCUT2D eigenvalue weighted by Gasteiger charge is 1.99. The Hall–Kier alpha value is -2.59. The average molecular weight is 306 g/mol. The second kappa shape index (κ2) is 12.0. The zero-order valence-electron chi connectivity index (χ0n) is 14.8. The number of hydrogen-bond donors (Lipinski definition) is 0. The molecule has 0 unspecified atom stereocenters. The number of rotatable bonds is 3. The van der Waals surface area contributed by atoms with Crippen LogP contribution in [0.2, 0.25) is 0 Å². The molecule has 0 heterocycles. The summed E-state index contributed by atoms with van der Waals surface area (Å²) in [5, 5.41) is 0. The van der Waals surface area contributed by atoms with Crippen LogP contribution >= 0.6 is 0 Å². The van der Waals surface area contributed by atoms with Crippen molar-refractivity contribution in [2.45, 2.75) is 34.6 Å². The van der Waals surface area contributed by atoms with E-state index in [0.717, 1.165) is 22.3 Å². The third-order valence-corrected chi connectivity index (χ3v) is 2.53. The van der Waals surface area contributed by atoms with Crippen LogP contribution in [0.15, 0.2) is 77.9 Å². The molecule has 0 atom stereocenters. The number of benzene rings is 1. The van der Waals surface area contributed by atoms with Crippen LogP contribution in [0.3, 0.4) is 0 Å². The molecule has 1 rings (SSSR count). The third kappa shape index (κ3) is 9.87. The van der Waals surface area contributed by atoms with E-state index in [1.807, 2.05) is 69.3 Å². The van der Waals surface area contributed by atoms with E-state index in [1.54, 1.807) is 0 Å². The highest BCUT2D eigenvalue weighted by Crippen LogP contribution is 2.16. The monoisotopic (exact) mass is 306 g/mol. The molecular weight excluding hydrogens is 280 g/mol. The average Bonchev–Trinajstić information content (AvgIpc) is 2.49. The lowest BCUT2D eigenvalue weighted by atomic mass is 10.0. The van der Waals surface area contributed by atoms with Crippen LogP contribution < -0.4 is 0 Å². The zero-order valence-corrected chi connectivity index (χ0v) is 14.8. The van der Waals surface area contributed by atoms with Gasteiger partial charge in [-0.1, -0.05) is 60.9 Å². The van der Waals surface area contributed by atoms with Gasteiger partial charge >= 0.3 is 0 Å². The quantitative estimate of drug-likeness (QED) is 0.520. The molecule has 0 radical (unpaired) electrons. The lowest BCUT2D eigenvalue weighted by molar-refractivity contribution is -0.114. The van der Waals surface area contributed by atoms with Crippen LogP contribution in [0.5, 0.6) is 0 Å². The van der Waals surface area contributed by atoms with E-state index in [0.29, 0.717) is 0 Å². The first-order valence-electron chi connectivity index (χ1n) is 7.62. The Kier molecular flexibility index (Phi) is 10.7. The van der Waals surface area contributed by atoms with E-state index in [9.17, 15) is 4.79 Å². The van der Waals surface area contributed by atoms with Gasteiger partial charge in [-0.15, -0.1) is 0 Å². The van der Waals surface area contributed by atoms with Crippen LogP contribution in [-0.4, -0.2) is 5.78 Å². The Labute approximate surface area is 141 Å². The molecule has 0 N–H and O–H groups in total. The van der Waals surface area contributed by atoms with Crippen LogP contribution in [0, 0.1) is 11.8 Å². The molecule has 0 fully saturated rings. The van der Waals surface area contributed by atoms with Gasteiger partial charge in [0.25, 0.3) is 0 Å². The topological polar surface area (TPSA) is 17.1 Å². The summed E-state index contributed by atoms with van der Waals surface area (Å²) >= 11 is 0. The molecule has 1 nitrogen and oxygen atoms in total. The van der Waals surface area contributed by atoms with Crippen molar-refractivity contribution in [3.05, 3.63) is 83.5 Å². The van der Waals surface area contributed by atoms with Crippen LogP contribution in [-0.2, 0) is 4.79 Å². The highest BCUT2D eigenvalue weighted by molar-refractivity contribution is 5.72. The summed E-state index contributed by atoms with van der Waals surface area (Å²) in [5.74, 6) is 6.59. The molecular formula is C22H26O. The predicted molar refractivity (Wildman–Crippen MR) is 101 cm³/mol. The summed E-state index contributed by atoms with van der Waals surface area (Å²) in [5.41, 5.74) is 4.13. The van der Waals surface area contributed by atoms with Gasteiger partial charge in [0, 0.05) is 11.1 Å². The maximum Gasteiger partial charge on any atom is 0.126 e. The van der Waals surface area contributed by atoms with Gasteiger partial charge in [-0.2, -0.15) is 0 Å². The fraction of sp³-hybridized carbons (Fsp3) is 0.227. The highest BCUT2D eigenvalue weighted by atomic mass is 16.1. The summed E-state index contributed by atoms with van der Waals surface area (Å²) in [6.45, 7) is 13.1. The van der Waals surface area contributed by atoms with Gasteiger partial charge in [0.05, 0.1) is 0 Å². The minimum absolute atomic E-state index is 0.167. The molecule has 0 bridgehead atoms. The second-order valence-electron chi connectivity index (χ2n) is 5.13. The fourth-order valence-electron chi connectivity index (χ4n) is 1.66. The molecule has 0 aromatic heterocycles. The van der Waals surface area contributed by atoms with E-state index in [1.165, 1.54) is 13.8 Å². The first kappa shape index (κ1) is 20.4. The van der Waals surface area contributed by atoms with Crippen molar-refractivity contribution in [1.29, 1.82) is 0 Å². The number of Topliss-reactive ketones (excluding diaryl/α,β-unsaturated/α-hetero) is 1. The molecule has 0 saturated carbocycles. The normalized spacial score (nSPS) is 11.2. The van der Waals surface area contributed by atoms with E-state index in [4.69, 9.17) is 0 Å². The van der Waals surface area contributed by atoms with Crippen molar-refractivity contribution in [2.24, 2.45) is 0 Å². The summed E-state index contributed by atoms with van der Waals surface area (Å²) < 4.78 is 0. The maximum absolute atomic E-state index is 9.44. The summed E-state index contributed by atoms with van der Waals surface area (Å²) in [6, 6.07) is 10.0. The van der Waals surface area contributed by atoms with Crippen molar-refractivity contribution < 1.29 is 4.79 Å². The lowest BCUT2D eigenvalue weighted by Crippen LogP contribution is -1.86. The van der Waals surface area contributed by atoms with Crippen molar-refractivity contribution in [3.8, 4) is 11.8 Å². The second-order valence-corrected chi connectivity index (χ2v) is 5.13. The molecule has 0 saturated heterocycles. The van der Waals surface area contributed by atoms with Gasteiger partial charge in [0.15, 0.2) is 0 Å². The smallest absolute Gasteiger partial charge is 0.126 e. The van der Waals surface area contributed by atoms with E-state index >= 15 is 0 Å². The minimum Gasteiger partial charge on any atom is -0.300 e. The summed E-state index contributed by atoms with van der Waals surface area (Å²) in [7, 11) is 0. The number of hydrogen-bond acceptors (Lipinski definition) is 1. The van der Waals surface area contributed by atoms with E-state index < -0.39 is 0 Å². The number of carbonyl (C=O) groups is 1. The van der Waals surface area contributed by atoms with Crippen LogP contribution in [0.4, 0.5) is 0 Å². The Balaban J connectivity index is 0.00000108. The standard InChI is InChI=1S/C19H20.C3H6O/c1-5-10-18(19(11-6-2)16(3)4)15-14-17-12-8-7-9-13-17;1-3(2)4/h5-13H,3H2,1-2,4H3;1-2H3/b10-5-,11-6-,19-18+;. The predicted octanol–water partition coefficient (Wildman–Crippen LogP) is 5.66. The molecule has 0 aliphatic heterocycles. The van der Waals surface area contributed by atoms with Crippen LogP contribution in [0.1, 0.15) is 40.2 Å². The SMILES string of the molecule is C=C(C)C(/C=C\C)=C(C#Cc1ccccc1)\C=C/C.CC(C)=O. The zero-order chi connectivity index (χ0) is 17.7. The molecule has 0 amide bonds. The summed E-state index contributed by atoms with van der Waals surface area (Å²) in [6.07, 6.45) is 8.09. The first-order chi connectivity index (χ1) is 10.9. The minimum atomic E-state index is 0.167. The maximum atomic E-state index is 9.44. The Morgan fingerprint density at radius 3 is 1.96 bits per heavy atom. The molecule has 23 heavy (non-hydrogen) atoms. The van der Waals surface area contributed by atoms with Crippen molar-refractivity contribution in [1.82, 2.24) is 0 Å². The number of ketones is 1. The van der Waals surface area contributed by atoms with Crippen LogP contribution in [0.25, 0.3) is 0 Å². The largest absolute Gasteiger partial charge is 0.300 e. The van der Waals surface area contributed by atoms with E-state index in [2.05, 4.69) is 24.5 Å². The van der Waals surface area contributed by atoms with Crippen molar-refractivity contribution >= 4 is 5.78 Å². The Morgan fingerprint density at radius 1 is 1.00 bits per heavy atom. The van der Waals surface area contributed by atoms with Gasteiger partial charge < -0.3 is 4.79 Å². The molecule has 1 aromatic carbocycles. The number of allylic oxidation sites excluding steroid dienone is 7. The van der Waals surface area contributed by atoms with Crippen molar-refractivity contribution in [3.63, 3.8) is 0 Å². The molecule has 0 aliphatic carbocycles. The van der Waals surface area contributed by atoms with Gasteiger partial charge in [-0.25, -0.2) is 0 Å². The molecule has 0 spiro atoms. The molecule has 0 aliphatic rings. The van der Waals surface area contributed by atoms with Gasteiger partial charge in [-0.3, -0.25) is 0 Å². The molecule has 120 valence electrons. The van der Waals surface area contributed by atoms with E-state index in [-0.39, 0.29) is 5.78 Å².